The van der Waals surface area contributed by atoms with Gasteiger partial charge in [-0.3, -0.25) is 10.1 Å². The Balaban J connectivity index is 2.12. The highest BCUT2D eigenvalue weighted by Gasteiger charge is 2.32. The van der Waals surface area contributed by atoms with Crippen LogP contribution < -0.4 is 11.1 Å². The predicted octanol–water partition coefficient (Wildman–Crippen LogP) is 2.05. The zero-order valence-corrected chi connectivity index (χ0v) is 10.7. The molecule has 3 N–H and O–H groups in total. The van der Waals surface area contributed by atoms with Crippen LogP contribution in [-0.4, -0.2) is 22.0 Å². The topological polar surface area (TPSA) is 94.1 Å². The lowest BCUT2D eigenvalue weighted by atomic mass is 9.78. The Morgan fingerprint density at radius 1 is 1.65 bits per heavy atom. The maximum absolute atomic E-state index is 10.9. The average molecular weight is 301 g/mol. The molecule has 0 radical (unpaired) electrons. The van der Waals surface area contributed by atoms with E-state index in [1.165, 1.54) is 12.3 Å². The number of rotatable bonds is 4. The molecule has 0 spiro atoms. The van der Waals surface area contributed by atoms with Crippen LogP contribution in [0.15, 0.2) is 16.7 Å². The van der Waals surface area contributed by atoms with Crippen LogP contribution in [0.3, 0.4) is 0 Å². The fourth-order valence-corrected chi connectivity index (χ4v) is 2.09. The van der Waals surface area contributed by atoms with E-state index >= 15 is 0 Å². The van der Waals surface area contributed by atoms with Crippen molar-refractivity contribution in [2.45, 2.75) is 24.8 Å². The molecule has 0 saturated heterocycles. The molecular weight excluding hydrogens is 288 g/mol. The van der Waals surface area contributed by atoms with Crippen LogP contribution in [0.1, 0.15) is 19.3 Å². The van der Waals surface area contributed by atoms with Gasteiger partial charge in [0.15, 0.2) is 0 Å². The van der Waals surface area contributed by atoms with Crippen molar-refractivity contribution in [3.05, 3.63) is 26.9 Å². The molecule has 1 saturated carbocycles. The smallest absolute Gasteiger partial charge is 0.312 e. The molecule has 1 aromatic rings. The lowest BCUT2D eigenvalue weighted by molar-refractivity contribution is -0.384. The molecule has 1 heterocycles. The molecule has 1 aliphatic carbocycles. The summed E-state index contributed by atoms with van der Waals surface area (Å²) in [6.07, 6.45) is 4.54. The number of halogens is 1. The molecule has 0 bridgehead atoms. The van der Waals surface area contributed by atoms with Gasteiger partial charge in [0, 0.05) is 28.8 Å². The average Bonchev–Trinajstić information content (AvgIpc) is 2.24. The van der Waals surface area contributed by atoms with Gasteiger partial charge >= 0.3 is 5.69 Å². The summed E-state index contributed by atoms with van der Waals surface area (Å²) in [6, 6.07) is 1.43. The zero-order valence-electron chi connectivity index (χ0n) is 9.15. The van der Waals surface area contributed by atoms with Crippen LogP contribution in [0.2, 0.25) is 0 Å². The summed E-state index contributed by atoms with van der Waals surface area (Å²) in [5.41, 5.74) is 5.76. The normalized spacial score (nSPS) is 17.3. The van der Waals surface area contributed by atoms with Gasteiger partial charge in [-0.05, 0) is 35.2 Å². The van der Waals surface area contributed by atoms with E-state index in [4.69, 9.17) is 5.73 Å². The fraction of sp³-hybridized carbons (Fsp3) is 0.500. The summed E-state index contributed by atoms with van der Waals surface area (Å²) >= 11 is 3.16. The van der Waals surface area contributed by atoms with Crippen LogP contribution in [0, 0.1) is 10.1 Å². The zero-order chi connectivity index (χ0) is 12.5. The minimum atomic E-state index is -0.454. The van der Waals surface area contributed by atoms with Crippen molar-refractivity contribution in [3.63, 3.8) is 0 Å². The number of hydrogen-bond acceptors (Lipinski definition) is 5. The third kappa shape index (κ3) is 2.73. The van der Waals surface area contributed by atoms with Gasteiger partial charge in [0.1, 0.15) is 0 Å². The second kappa shape index (κ2) is 4.58. The van der Waals surface area contributed by atoms with Crippen LogP contribution in [0.4, 0.5) is 11.5 Å². The Kier molecular flexibility index (Phi) is 3.30. The van der Waals surface area contributed by atoms with E-state index in [1.54, 1.807) is 0 Å². The molecule has 0 amide bonds. The van der Waals surface area contributed by atoms with Crippen molar-refractivity contribution in [1.82, 2.24) is 4.98 Å². The second-order valence-electron chi connectivity index (χ2n) is 4.35. The van der Waals surface area contributed by atoms with Crippen LogP contribution in [-0.2, 0) is 0 Å². The molecule has 0 unspecified atom stereocenters. The minimum Gasteiger partial charge on any atom is -0.362 e. The van der Waals surface area contributed by atoms with Crippen molar-refractivity contribution < 1.29 is 4.92 Å². The highest BCUT2D eigenvalue weighted by molar-refractivity contribution is 9.10. The number of nitrogens with two attached hydrogens (primary N) is 1. The first-order valence-corrected chi connectivity index (χ1v) is 6.12. The predicted molar refractivity (Wildman–Crippen MR) is 67.9 cm³/mol. The Morgan fingerprint density at radius 3 is 2.88 bits per heavy atom. The molecule has 0 aliphatic heterocycles. The first-order chi connectivity index (χ1) is 8.00. The molecule has 7 heteroatoms. The first kappa shape index (κ1) is 12.3. The monoisotopic (exact) mass is 300 g/mol. The van der Waals surface area contributed by atoms with Crippen LogP contribution in [0.5, 0.6) is 0 Å². The van der Waals surface area contributed by atoms with E-state index in [2.05, 4.69) is 26.2 Å². The Labute approximate surface area is 107 Å². The SMILES string of the molecule is NC1(CNc2ncc(Br)cc2[N+](=O)[O-])CCC1. The van der Waals surface area contributed by atoms with E-state index in [-0.39, 0.29) is 17.0 Å². The third-order valence-electron chi connectivity index (χ3n) is 2.99. The van der Waals surface area contributed by atoms with E-state index in [0.717, 1.165) is 19.3 Å². The van der Waals surface area contributed by atoms with Crippen molar-refractivity contribution >= 4 is 27.4 Å². The van der Waals surface area contributed by atoms with E-state index < -0.39 is 4.92 Å². The number of aromatic nitrogens is 1. The molecule has 1 aromatic heterocycles. The second-order valence-corrected chi connectivity index (χ2v) is 5.26. The van der Waals surface area contributed by atoms with Crippen LogP contribution in [0.25, 0.3) is 0 Å². The summed E-state index contributed by atoms with van der Waals surface area (Å²) in [6.45, 7) is 0.516. The van der Waals surface area contributed by atoms with Gasteiger partial charge in [0.2, 0.25) is 5.82 Å². The van der Waals surface area contributed by atoms with E-state index in [1.807, 2.05) is 0 Å². The molecule has 17 heavy (non-hydrogen) atoms. The largest absolute Gasteiger partial charge is 0.362 e. The number of pyridine rings is 1. The van der Waals surface area contributed by atoms with Gasteiger partial charge < -0.3 is 11.1 Å². The molecular formula is C10H13BrN4O2. The maximum Gasteiger partial charge on any atom is 0.312 e. The number of anilines is 1. The number of nitro groups is 1. The molecule has 0 atom stereocenters. The first-order valence-electron chi connectivity index (χ1n) is 5.33. The summed E-state index contributed by atoms with van der Waals surface area (Å²) < 4.78 is 0.584. The van der Waals surface area contributed by atoms with Crippen LogP contribution >= 0.6 is 15.9 Å². The molecule has 6 nitrogen and oxygen atoms in total. The summed E-state index contributed by atoms with van der Waals surface area (Å²) in [5, 5.41) is 13.8. The van der Waals surface area contributed by atoms with Gasteiger partial charge in [-0.2, -0.15) is 0 Å². The van der Waals surface area contributed by atoms with Gasteiger partial charge in [-0.1, -0.05) is 0 Å². The Hall–Kier alpha value is -1.21. The number of nitrogens with zero attached hydrogens (tertiary/aromatic N) is 2. The molecule has 1 fully saturated rings. The third-order valence-corrected chi connectivity index (χ3v) is 3.42. The fourth-order valence-electron chi connectivity index (χ4n) is 1.77. The summed E-state index contributed by atoms with van der Waals surface area (Å²) in [7, 11) is 0. The van der Waals surface area contributed by atoms with Gasteiger partial charge in [-0.25, -0.2) is 4.98 Å². The van der Waals surface area contributed by atoms with Crippen molar-refractivity contribution in [2.24, 2.45) is 5.73 Å². The lowest BCUT2D eigenvalue weighted by Crippen LogP contribution is -2.52. The van der Waals surface area contributed by atoms with E-state index in [0.29, 0.717) is 11.0 Å². The lowest BCUT2D eigenvalue weighted by Gasteiger charge is -2.38. The highest BCUT2D eigenvalue weighted by atomic mass is 79.9. The van der Waals surface area contributed by atoms with E-state index in [9.17, 15) is 10.1 Å². The Bertz CT molecular complexity index is 448. The quantitative estimate of drug-likeness (QED) is 0.655. The van der Waals surface area contributed by atoms with Crippen molar-refractivity contribution in [2.75, 3.05) is 11.9 Å². The summed E-state index contributed by atoms with van der Waals surface area (Å²) in [4.78, 5) is 14.4. The molecule has 1 aliphatic rings. The highest BCUT2D eigenvalue weighted by Crippen LogP contribution is 2.31. The van der Waals surface area contributed by atoms with Crippen molar-refractivity contribution in [1.29, 1.82) is 0 Å². The minimum absolute atomic E-state index is 0.0395. The summed E-state index contributed by atoms with van der Waals surface area (Å²) in [5.74, 6) is 0.273. The van der Waals surface area contributed by atoms with Gasteiger partial charge in [0.05, 0.1) is 4.92 Å². The standard InChI is InChI=1S/C10H13BrN4O2/c11-7-4-8(15(16)17)9(13-5-7)14-6-10(12)2-1-3-10/h4-5H,1-3,6,12H2,(H,13,14). The van der Waals surface area contributed by atoms with Crippen molar-refractivity contribution in [3.8, 4) is 0 Å². The van der Waals surface area contributed by atoms with Gasteiger partial charge in [-0.15, -0.1) is 0 Å². The maximum atomic E-state index is 10.9. The number of hydrogen-bond donors (Lipinski definition) is 2. The molecule has 0 aromatic carbocycles. The Morgan fingerprint density at radius 2 is 2.35 bits per heavy atom. The molecule has 2 rings (SSSR count). The number of nitrogens with one attached hydrogen (secondary N) is 1. The van der Waals surface area contributed by atoms with Gasteiger partial charge in [0.25, 0.3) is 0 Å². The molecule has 92 valence electrons.